The first-order chi connectivity index (χ1) is 18.4. The van der Waals surface area contributed by atoms with Gasteiger partial charge in [0, 0.05) is 35.5 Å². The number of nitrogens with one attached hydrogen (secondary N) is 2. The fourth-order valence-electron chi connectivity index (χ4n) is 4.32. The van der Waals surface area contributed by atoms with E-state index in [-0.39, 0.29) is 18.1 Å². The minimum absolute atomic E-state index is 0.0374. The molecule has 0 saturated heterocycles. The van der Waals surface area contributed by atoms with Crippen molar-refractivity contribution >= 4 is 34.1 Å². The van der Waals surface area contributed by atoms with Crippen molar-refractivity contribution in [1.82, 2.24) is 9.97 Å². The Labute approximate surface area is 219 Å². The molecule has 38 heavy (non-hydrogen) atoms. The van der Waals surface area contributed by atoms with E-state index in [0.29, 0.717) is 47.5 Å². The molecule has 0 bridgehead atoms. The first kappa shape index (κ1) is 25.2. The average Bonchev–Trinajstić information content (AvgIpc) is 2.92. The maximum atomic E-state index is 15.4. The molecule has 9 nitrogen and oxygen atoms in total. The Morgan fingerprint density at radius 3 is 2.84 bits per heavy atom. The number of benzene rings is 2. The Morgan fingerprint density at radius 1 is 1.21 bits per heavy atom. The van der Waals surface area contributed by atoms with Crippen molar-refractivity contribution in [2.24, 2.45) is 0 Å². The highest BCUT2D eigenvalue weighted by Gasteiger charge is 2.21. The number of ether oxygens (including phenoxy) is 3. The number of nitrogens with zero attached hydrogens (tertiary/aromatic N) is 2. The van der Waals surface area contributed by atoms with E-state index in [9.17, 15) is 4.79 Å². The van der Waals surface area contributed by atoms with E-state index >= 15 is 4.39 Å². The molecule has 1 amide bonds. The van der Waals surface area contributed by atoms with E-state index < -0.39 is 18.0 Å². The minimum atomic E-state index is -0.677. The summed E-state index contributed by atoms with van der Waals surface area (Å²) < 4.78 is 31.9. The second-order valence-electron chi connectivity index (χ2n) is 9.04. The van der Waals surface area contributed by atoms with Gasteiger partial charge in [0.25, 0.3) is 0 Å². The molecule has 1 aliphatic rings. The quantitative estimate of drug-likeness (QED) is 0.283. The molecule has 3 heterocycles. The van der Waals surface area contributed by atoms with Crippen LogP contribution in [0.1, 0.15) is 18.1 Å². The lowest BCUT2D eigenvalue weighted by molar-refractivity contribution is 0.0268. The van der Waals surface area contributed by atoms with Crippen molar-refractivity contribution in [3.63, 3.8) is 0 Å². The first-order valence-corrected chi connectivity index (χ1v) is 12.2. The number of fused-ring (bicyclic) bond motifs is 2. The maximum absolute atomic E-state index is 15.4. The number of carbonyl (C=O) groups excluding carboxylic acids is 1. The molecule has 4 aromatic rings. The molecule has 0 spiro atoms. The standard InChI is InChI=1S/C28H28FN5O4/c1-16(14-36-15-18-6-4-3-5-7-18)38-28(35)34-23-11-19-10-20(24(29)25(30)22(19)13-32-23)21-12-33-27-26(17(21)2)31-8-9-37-27/h3-7,10-13,16,31H,8-9,14-15,30H2,1-2H3,(H,32,34,35). The number of aromatic nitrogens is 2. The largest absolute Gasteiger partial charge is 0.474 e. The number of halogens is 1. The summed E-state index contributed by atoms with van der Waals surface area (Å²) in [6, 6.07) is 13.0. The van der Waals surface area contributed by atoms with Crippen LogP contribution in [-0.2, 0) is 16.1 Å². The fraction of sp³-hybridized carbons (Fsp3) is 0.250. The van der Waals surface area contributed by atoms with Gasteiger partial charge in [-0.15, -0.1) is 0 Å². The van der Waals surface area contributed by atoms with Gasteiger partial charge >= 0.3 is 6.09 Å². The predicted molar refractivity (Wildman–Crippen MR) is 144 cm³/mol. The van der Waals surface area contributed by atoms with Crippen molar-refractivity contribution < 1.29 is 23.4 Å². The molecule has 2 aromatic heterocycles. The monoisotopic (exact) mass is 517 g/mol. The maximum Gasteiger partial charge on any atom is 0.413 e. The second-order valence-corrected chi connectivity index (χ2v) is 9.04. The van der Waals surface area contributed by atoms with Crippen molar-refractivity contribution in [1.29, 1.82) is 0 Å². The Balaban J connectivity index is 1.31. The number of rotatable bonds is 7. The second kappa shape index (κ2) is 10.9. The normalized spacial score (nSPS) is 13.2. The third-order valence-electron chi connectivity index (χ3n) is 6.24. The predicted octanol–water partition coefficient (Wildman–Crippen LogP) is 5.28. The Kier molecular flexibility index (Phi) is 7.23. The van der Waals surface area contributed by atoms with Gasteiger partial charge in [0.05, 0.1) is 18.9 Å². The number of amides is 1. The molecule has 1 unspecified atom stereocenters. The summed E-state index contributed by atoms with van der Waals surface area (Å²) in [5, 5.41) is 6.91. The summed E-state index contributed by atoms with van der Waals surface area (Å²) in [6.07, 6.45) is 1.84. The Morgan fingerprint density at radius 2 is 2.03 bits per heavy atom. The van der Waals surface area contributed by atoms with Gasteiger partial charge in [-0.05, 0) is 42.5 Å². The van der Waals surface area contributed by atoms with E-state index in [1.165, 1.54) is 6.20 Å². The minimum Gasteiger partial charge on any atom is -0.474 e. The zero-order valence-electron chi connectivity index (χ0n) is 21.1. The van der Waals surface area contributed by atoms with Crippen LogP contribution in [0.15, 0.2) is 54.9 Å². The highest BCUT2D eigenvalue weighted by atomic mass is 19.1. The zero-order chi connectivity index (χ0) is 26.6. The van der Waals surface area contributed by atoms with Gasteiger partial charge in [-0.25, -0.2) is 19.2 Å². The number of hydrogen-bond acceptors (Lipinski definition) is 8. The van der Waals surface area contributed by atoms with Gasteiger partial charge in [0.1, 0.15) is 24.2 Å². The van der Waals surface area contributed by atoms with Crippen LogP contribution in [0.5, 0.6) is 5.88 Å². The lowest BCUT2D eigenvalue weighted by Gasteiger charge is -2.22. The lowest BCUT2D eigenvalue weighted by Crippen LogP contribution is -2.24. The van der Waals surface area contributed by atoms with Gasteiger partial charge in [-0.2, -0.15) is 0 Å². The first-order valence-electron chi connectivity index (χ1n) is 12.2. The fourth-order valence-corrected chi connectivity index (χ4v) is 4.32. The van der Waals surface area contributed by atoms with Crippen molar-refractivity contribution in [2.75, 3.05) is 36.1 Å². The van der Waals surface area contributed by atoms with Gasteiger partial charge in [0.15, 0.2) is 5.82 Å². The number of carbonyl (C=O) groups is 1. The third kappa shape index (κ3) is 5.30. The van der Waals surface area contributed by atoms with Crippen molar-refractivity contribution in [2.45, 2.75) is 26.6 Å². The molecule has 5 rings (SSSR count). The molecule has 0 saturated carbocycles. The number of nitrogens with two attached hydrogens (primary N) is 1. The summed E-state index contributed by atoms with van der Waals surface area (Å²) in [5.74, 6) is 0.165. The van der Waals surface area contributed by atoms with Crippen LogP contribution in [0.4, 0.5) is 26.4 Å². The van der Waals surface area contributed by atoms with Gasteiger partial charge in [0.2, 0.25) is 5.88 Å². The van der Waals surface area contributed by atoms with Gasteiger partial charge < -0.3 is 25.3 Å². The van der Waals surface area contributed by atoms with Crippen LogP contribution < -0.4 is 21.1 Å². The van der Waals surface area contributed by atoms with E-state index in [4.69, 9.17) is 19.9 Å². The van der Waals surface area contributed by atoms with Crippen LogP contribution in [0, 0.1) is 12.7 Å². The Bertz CT molecular complexity index is 1480. The number of anilines is 3. The molecule has 2 aromatic carbocycles. The molecule has 196 valence electrons. The molecular formula is C28H28FN5O4. The third-order valence-corrected chi connectivity index (χ3v) is 6.24. The molecule has 0 radical (unpaired) electrons. The molecule has 0 aliphatic carbocycles. The lowest BCUT2D eigenvalue weighted by atomic mass is 9.97. The molecule has 1 aliphatic heterocycles. The highest BCUT2D eigenvalue weighted by molar-refractivity contribution is 5.99. The number of nitrogen functional groups attached to an aromatic ring is 1. The van der Waals surface area contributed by atoms with Crippen LogP contribution in [0.3, 0.4) is 0 Å². The molecule has 0 fully saturated rings. The summed E-state index contributed by atoms with van der Waals surface area (Å²) in [7, 11) is 0. The van der Waals surface area contributed by atoms with Crippen molar-refractivity contribution in [3.8, 4) is 17.0 Å². The summed E-state index contributed by atoms with van der Waals surface area (Å²) in [5.41, 5.74) is 9.55. The smallest absolute Gasteiger partial charge is 0.413 e. The SMILES string of the molecule is Cc1c(-c2cc3cc(NC(=O)OC(C)COCc4ccccc4)ncc3c(N)c2F)cnc2c1NCCO2. The van der Waals surface area contributed by atoms with Crippen LogP contribution in [-0.4, -0.2) is 41.9 Å². The van der Waals surface area contributed by atoms with Crippen LogP contribution in [0.25, 0.3) is 21.9 Å². The molecule has 10 heteroatoms. The van der Waals surface area contributed by atoms with E-state index in [0.717, 1.165) is 16.8 Å². The van der Waals surface area contributed by atoms with Gasteiger partial charge in [-0.3, -0.25) is 5.32 Å². The Hall–Kier alpha value is -4.44. The zero-order valence-corrected chi connectivity index (χ0v) is 21.1. The van der Waals surface area contributed by atoms with Crippen LogP contribution in [0.2, 0.25) is 0 Å². The molecule has 4 N–H and O–H groups in total. The van der Waals surface area contributed by atoms with Crippen LogP contribution >= 0.6 is 0 Å². The summed E-state index contributed by atoms with van der Waals surface area (Å²) in [6.45, 7) is 5.42. The highest BCUT2D eigenvalue weighted by Crippen LogP contribution is 2.39. The summed E-state index contributed by atoms with van der Waals surface area (Å²) >= 11 is 0. The number of pyridine rings is 2. The van der Waals surface area contributed by atoms with E-state index in [1.807, 2.05) is 37.3 Å². The number of hydrogen-bond donors (Lipinski definition) is 3. The summed E-state index contributed by atoms with van der Waals surface area (Å²) in [4.78, 5) is 21.0. The van der Waals surface area contributed by atoms with E-state index in [1.54, 1.807) is 25.3 Å². The topological polar surface area (TPSA) is 121 Å². The van der Waals surface area contributed by atoms with Crippen molar-refractivity contribution in [3.05, 3.63) is 71.8 Å². The van der Waals surface area contributed by atoms with Gasteiger partial charge in [-0.1, -0.05) is 30.3 Å². The molecular weight excluding hydrogens is 489 g/mol. The van der Waals surface area contributed by atoms with E-state index in [2.05, 4.69) is 20.6 Å². The molecule has 1 atom stereocenters. The average molecular weight is 518 g/mol.